The number of hydrogen-bond donors (Lipinski definition) is 0. The smallest absolute Gasteiger partial charge is 0.433 e. The molecule has 0 aliphatic heterocycles. The monoisotopic (exact) mass is 279 g/mol. The summed E-state index contributed by atoms with van der Waals surface area (Å²) in [6.07, 6.45) is -3.72. The highest BCUT2D eigenvalue weighted by atomic mass is 35.5. The summed E-state index contributed by atoms with van der Waals surface area (Å²) >= 11 is 5.50. The minimum Gasteiger partial charge on any atom is -0.465 e. The number of ether oxygens (including phenoxy) is 1. The Kier molecular flexibility index (Phi) is 2.89. The SMILES string of the molecule is COC(=O)c1cnn2c(C(F)(F)F)cc(Cl)nc12. The van der Waals surface area contributed by atoms with Crippen LogP contribution in [0, 0.1) is 0 Å². The Balaban J connectivity index is 2.77. The molecule has 96 valence electrons. The van der Waals surface area contributed by atoms with Gasteiger partial charge in [0.05, 0.1) is 13.3 Å². The molecule has 0 aromatic carbocycles. The lowest BCUT2D eigenvalue weighted by Gasteiger charge is -2.08. The van der Waals surface area contributed by atoms with E-state index in [-0.39, 0.29) is 16.4 Å². The van der Waals surface area contributed by atoms with E-state index < -0.39 is 17.8 Å². The second kappa shape index (κ2) is 4.13. The van der Waals surface area contributed by atoms with Gasteiger partial charge in [0.2, 0.25) is 0 Å². The summed E-state index contributed by atoms with van der Waals surface area (Å²) in [7, 11) is 1.10. The third kappa shape index (κ3) is 1.99. The second-order valence-electron chi connectivity index (χ2n) is 3.25. The first kappa shape index (κ1) is 12.6. The lowest BCUT2D eigenvalue weighted by molar-refractivity contribution is -0.142. The number of halogens is 4. The van der Waals surface area contributed by atoms with Crippen molar-refractivity contribution in [2.24, 2.45) is 0 Å². The van der Waals surface area contributed by atoms with Crippen LogP contribution in [0.5, 0.6) is 0 Å². The van der Waals surface area contributed by atoms with E-state index in [4.69, 9.17) is 11.6 Å². The number of rotatable bonds is 1. The van der Waals surface area contributed by atoms with E-state index in [9.17, 15) is 18.0 Å². The summed E-state index contributed by atoms with van der Waals surface area (Å²) in [5.41, 5.74) is -1.61. The zero-order valence-corrected chi connectivity index (χ0v) is 9.58. The van der Waals surface area contributed by atoms with Gasteiger partial charge in [-0.2, -0.15) is 18.3 Å². The van der Waals surface area contributed by atoms with Crippen LogP contribution >= 0.6 is 11.6 Å². The van der Waals surface area contributed by atoms with Crippen molar-refractivity contribution in [3.8, 4) is 0 Å². The topological polar surface area (TPSA) is 56.5 Å². The van der Waals surface area contributed by atoms with Crippen LogP contribution in [-0.4, -0.2) is 27.7 Å². The molecule has 0 aliphatic carbocycles. The average molecular weight is 280 g/mol. The lowest BCUT2D eigenvalue weighted by atomic mass is 10.3. The highest BCUT2D eigenvalue weighted by Gasteiger charge is 2.35. The van der Waals surface area contributed by atoms with Crippen molar-refractivity contribution >= 4 is 23.2 Å². The number of esters is 1. The van der Waals surface area contributed by atoms with Gasteiger partial charge in [0.25, 0.3) is 0 Å². The standard InChI is InChI=1S/C9H5ClF3N3O2/c1-18-8(17)4-3-14-16-5(9(11,12)13)2-6(10)15-7(4)16/h2-3H,1H3. The van der Waals surface area contributed by atoms with Gasteiger partial charge in [-0.15, -0.1) is 0 Å². The molecule has 5 nitrogen and oxygen atoms in total. The summed E-state index contributed by atoms with van der Waals surface area (Å²) in [4.78, 5) is 15.0. The maximum Gasteiger partial charge on any atom is 0.433 e. The van der Waals surface area contributed by atoms with Gasteiger partial charge in [0.1, 0.15) is 10.7 Å². The Morgan fingerprint density at radius 1 is 1.50 bits per heavy atom. The molecule has 2 heterocycles. The van der Waals surface area contributed by atoms with E-state index in [1.807, 2.05) is 0 Å². The molecule has 0 spiro atoms. The minimum absolute atomic E-state index is 0.189. The van der Waals surface area contributed by atoms with Crippen LogP contribution in [0.1, 0.15) is 16.1 Å². The predicted octanol–water partition coefficient (Wildman–Crippen LogP) is 2.19. The summed E-state index contributed by atoms with van der Waals surface area (Å²) < 4.78 is 43.1. The van der Waals surface area contributed by atoms with Crippen molar-refractivity contribution in [1.29, 1.82) is 0 Å². The minimum atomic E-state index is -4.66. The van der Waals surface area contributed by atoms with Crippen molar-refractivity contribution in [2.75, 3.05) is 7.11 Å². The lowest BCUT2D eigenvalue weighted by Crippen LogP contribution is -2.13. The first-order valence-electron chi connectivity index (χ1n) is 4.54. The number of fused-ring (bicyclic) bond motifs is 1. The Labute approximate surface area is 103 Å². The van der Waals surface area contributed by atoms with Crippen LogP contribution in [0.15, 0.2) is 12.3 Å². The molecule has 0 bridgehead atoms. The van der Waals surface area contributed by atoms with Crippen LogP contribution in [-0.2, 0) is 10.9 Å². The average Bonchev–Trinajstić information content (AvgIpc) is 2.69. The molecule has 0 aliphatic rings. The van der Waals surface area contributed by atoms with Crippen LogP contribution < -0.4 is 0 Å². The summed E-state index contributed by atoms with van der Waals surface area (Å²) in [6, 6.07) is 0.628. The zero-order chi connectivity index (χ0) is 13.5. The van der Waals surface area contributed by atoms with Crippen LogP contribution in [0.25, 0.3) is 5.65 Å². The van der Waals surface area contributed by atoms with Crippen molar-refractivity contribution in [2.45, 2.75) is 6.18 Å². The largest absolute Gasteiger partial charge is 0.465 e. The Hall–Kier alpha value is -1.83. The van der Waals surface area contributed by atoms with Crippen molar-refractivity contribution in [3.63, 3.8) is 0 Å². The molecule has 0 saturated carbocycles. The van der Waals surface area contributed by atoms with Crippen molar-refractivity contribution in [3.05, 3.63) is 28.7 Å². The van der Waals surface area contributed by atoms with E-state index in [1.54, 1.807) is 0 Å². The zero-order valence-electron chi connectivity index (χ0n) is 8.82. The number of methoxy groups -OCH3 is 1. The van der Waals surface area contributed by atoms with E-state index in [0.29, 0.717) is 10.6 Å². The van der Waals surface area contributed by atoms with Crippen LogP contribution in [0.2, 0.25) is 5.15 Å². The summed E-state index contributed by atoms with van der Waals surface area (Å²) in [5, 5.41) is 3.08. The van der Waals surface area contributed by atoms with Gasteiger partial charge < -0.3 is 4.74 Å². The van der Waals surface area contributed by atoms with E-state index >= 15 is 0 Å². The van der Waals surface area contributed by atoms with Crippen molar-refractivity contribution < 1.29 is 22.7 Å². The van der Waals surface area contributed by atoms with Gasteiger partial charge in [0, 0.05) is 6.07 Å². The second-order valence-corrected chi connectivity index (χ2v) is 3.63. The third-order valence-electron chi connectivity index (χ3n) is 2.14. The predicted molar refractivity (Wildman–Crippen MR) is 54.3 cm³/mol. The number of carbonyl (C=O) groups is 1. The molecule has 2 aromatic rings. The first-order valence-corrected chi connectivity index (χ1v) is 4.92. The summed E-state index contributed by atoms with van der Waals surface area (Å²) in [5.74, 6) is -0.840. The van der Waals surface area contributed by atoms with E-state index in [0.717, 1.165) is 13.3 Å². The van der Waals surface area contributed by atoms with Crippen molar-refractivity contribution in [1.82, 2.24) is 14.6 Å². The molecule has 9 heteroatoms. The Bertz CT molecular complexity index is 623. The van der Waals surface area contributed by atoms with Gasteiger partial charge in [-0.3, -0.25) is 0 Å². The fraction of sp³-hybridized carbons (Fsp3) is 0.222. The molecular formula is C9H5ClF3N3O2. The molecule has 0 unspecified atom stereocenters. The molecular weight excluding hydrogens is 275 g/mol. The van der Waals surface area contributed by atoms with Crippen LogP contribution in [0.3, 0.4) is 0 Å². The van der Waals surface area contributed by atoms with Gasteiger partial charge in [-0.1, -0.05) is 11.6 Å². The molecule has 0 amide bonds. The fourth-order valence-corrected chi connectivity index (χ4v) is 1.57. The van der Waals surface area contributed by atoms with Gasteiger partial charge in [-0.25, -0.2) is 14.3 Å². The molecule has 0 atom stereocenters. The van der Waals surface area contributed by atoms with Gasteiger partial charge in [-0.05, 0) is 0 Å². The molecule has 0 fully saturated rings. The van der Waals surface area contributed by atoms with E-state index in [2.05, 4.69) is 14.8 Å². The number of alkyl halides is 3. The highest BCUT2D eigenvalue weighted by Crippen LogP contribution is 2.31. The normalized spacial score (nSPS) is 11.8. The molecule has 0 radical (unpaired) electrons. The fourth-order valence-electron chi connectivity index (χ4n) is 1.39. The Morgan fingerprint density at radius 3 is 2.72 bits per heavy atom. The maximum absolute atomic E-state index is 12.7. The van der Waals surface area contributed by atoms with Gasteiger partial charge in [0.15, 0.2) is 11.3 Å². The quantitative estimate of drug-likeness (QED) is 0.593. The molecule has 2 rings (SSSR count). The number of aromatic nitrogens is 3. The highest BCUT2D eigenvalue weighted by molar-refractivity contribution is 6.29. The molecule has 18 heavy (non-hydrogen) atoms. The number of carbonyl (C=O) groups excluding carboxylic acids is 1. The van der Waals surface area contributed by atoms with Gasteiger partial charge >= 0.3 is 12.1 Å². The molecule has 0 saturated heterocycles. The molecule has 0 N–H and O–H groups in total. The Morgan fingerprint density at radius 2 is 2.17 bits per heavy atom. The number of nitrogens with zero attached hydrogens (tertiary/aromatic N) is 3. The molecule has 2 aromatic heterocycles. The van der Waals surface area contributed by atoms with Crippen LogP contribution in [0.4, 0.5) is 13.2 Å². The maximum atomic E-state index is 12.7. The van der Waals surface area contributed by atoms with E-state index in [1.165, 1.54) is 0 Å². The summed E-state index contributed by atoms with van der Waals surface area (Å²) in [6.45, 7) is 0. The first-order chi connectivity index (χ1) is 8.34. The number of hydrogen-bond acceptors (Lipinski definition) is 4. The third-order valence-corrected chi connectivity index (χ3v) is 2.33.